The van der Waals surface area contributed by atoms with Crippen LogP contribution in [0.3, 0.4) is 0 Å². The first-order chi connectivity index (χ1) is 8.54. The number of hydrogen-bond acceptors (Lipinski definition) is 4. The summed E-state index contributed by atoms with van der Waals surface area (Å²) in [4.78, 5) is 13.9. The number of nitrogens with zero attached hydrogens (tertiary/aromatic N) is 2. The van der Waals surface area contributed by atoms with Crippen LogP contribution in [0, 0.1) is 15.9 Å². The molecule has 0 aliphatic heterocycles. The van der Waals surface area contributed by atoms with E-state index in [-0.39, 0.29) is 16.5 Å². The van der Waals surface area contributed by atoms with Crippen molar-refractivity contribution in [1.29, 1.82) is 0 Å². The highest BCUT2D eigenvalue weighted by Gasteiger charge is 2.07. The van der Waals surface area contributed by atoms with Gasteiger partial charge in [-0.05, 0) is 18.2 Å². The number of rotatable bonds is 3. The Labute approximate surface area is 106 Å². The van der Waals surface area contributed by atoms with Gasteiger partial charge >= 0.3 is 0 Å². The number of halogens is 2. The largest absolute Gasteiger partial charge is 0.340 e. The summed E-state index contributed by atoms with van der Waals surface area (Å²) < 4.78 is 13.1. The van der Waals surface area contributed by atoms with Gasteiger partial charge in [-0.15, -0.1) is 0 Å². The van der Waals surface area contributed by atoms with Crippen molar-refractivity contribution in [3.63, 3.8) is 0 Å². The van der Waals surface area contributed by atoms with Crippen molar-refractivity contribution in [2.75, 3.05) is 5.32 Å². The number of nitrogens with one attached hydrogen (secondary N) is 1. The van der Waals surface area contributed by atoms with Gasteiger partial charge in [-0.25, -0.2) is 9.37 Å². The van der Waals surface area contributed by atoms with Gasteiger partial charge in [0.1, 0.15) is 11.6 Å². The van der Waals surface area contributed by atoms with Crippen molar-refractivity contribution < 1.29 is 9.31 Å². The van der Waals surface area contributed by atoms with Crippen molar-refractivity contribution >= 4 is 28.8 Å². The van der Waals surface area contributed by atoms with Crippen molar-refractivity contribution in [1.82, 2.24) is 4.98 Å². The lowest BCUT2D eigenvalue weighted by Gasteiger charge is -2.05. The third kappa shape index (κ3) is 2.92. The van der Waals surface area contributed by atoms with Crippen LogP contribution in [0.15, 0.2) is 36.5 Å². The first kappa shape index (κ1) is 12.3. The number of hydrogen-bond donors (Lipinski definition) is 1. The summed E-state index contributed by atoms with van der Waals surface area (Å²) in [5.74, 6) is -0.263. The van der Waals surface area contributed by atoms with E-state index in [0.29, 0.717) is 5.69 Å². The predicted molar refractivity (Wildman–Crippen MR) is 65.6 cm³/mol. The first-order valence-corrected chi connectivity index (χ1v) is 5.26. The van der Waals surface area contributed by atoms with E-state index in [1.807, 2.05) is 0 Å². The molecule has 0 unspecified atom stereocenters. The van der Waals surface area contributed by atoms with Crippen LogP contribution in [-0.4, -0.2) is 9.91 Å². The Kier molecular flexibility index (Phi) is 3.38. The standard InChI is InChI=1S/C11H7ClFN3O2/c12-7-3-8(13)5-9(4-7)15-11-6-10(16(17)18)1-2-14-11/h1-6H,(H,14,15). The number of aromatic nitrogens is 1. The van der Waals surface area contributed by atoms with Crippen LogP contribution in [-0.2, 0) is 0 Å². The molecule has 0 fully saturated rings. The van der Waals surface area contributed by atoms with E-state index in [9.17, 15) is 14.5 Å². The second kappa shape index (κ2) is 4.97. The molecule has 1 heterocycles. The van der Waals surface area contributed by atoms with Gasteiger partial charge in [0.25, 0.3) is 5.69 Å². The first-order valence-electron chi connectivity index (χ1n) is 4.88. The van der Waals surface area contributed by atoms with Gasteiger partial charge in [0, 0.05) is 23.0 Å². The minimum Gasteiger partial charge on any atom is -0.340 e. The maximum Gasteiger partial charge on any atom is 0.274 e. The molecule has 2 aromatic rings. The molecule has 1 aromatic heterocycles. The lowest BCUT2D eigenvalue weighted by atomic mass is 10.3. The van der Waals surface area contributed by atoms with Gasteiger partial charge in [0.15, 0.2) is 0 Å². The average molecular weight is 268 g/mol. The van der Waals surface area contributed by atoms with Crippen LogP contribution < -0.4 is 5.32 Å². The molecule has 0 saturated heterocycles. The normalized spacial score (nSPS) is 10.1. The zero-order chi connectivity index (χ0) is 13.1. The van der Waals surface area contributed by atoms with E-state index in [4.69, 9.17) is 11.6 Å². The second-order valence-corrected chi connectivity index (χ2v) is 3.88. The van der Waals surface area contributed by atoms with Gasteiger partial charge in [0.05, 0.1) is 11.0 Å². The molecule has 0 bridgehead atoms. The molecule has 18 heavy (non-hydrogen) atoms. The van der Waals surface area contributed by atoms with E-state index < -0.39 is 10.7 Å². The molecule has 2 rings (SSSR count). The molecule has 0 aliphatic rings. The molecule has 0 radical (unpaired) electrons. The van der Waals surface area contributed by atoms with Crippen molar-refractivity contribution in [3.8, 4) is 0 Å². The summed E-state index contributed by atoms with van der Waals surface area (Å²) in [7, 11) is 0. The van der Waals surface area contributed by atoms with E-state index >= 15 is 0 Å². The number of nitro groups is 1. The van der Waals surface area contributed by atoms with Gasteiger partial charge in [-0.1, -0.05) is 11.6 Å². The maximum atomic E-state index is 13.1. The van der Waals surface area contributed by atoms with E-state index in [2.05, 4.69) is 10.3 Å². The molecule has 1 N–H and O–H groups in total. The Bertz CT molecular complexity index is 586. The van der Waals surface area contributed by atoms with Crippen LogP contribution in [0.25, 0.3) is 0 Å². The monoisotopic (exact) mass is 267 g/mol. The molecule has 0 amide bonds. The number of benzene rings is 1. The SMILES string of the molecule is O=[N+]([O-])c1ccnc(Nc2cc(F)cc(Cl)c2)c1. The van der Waals surface area contributed by atoms with Gasteiger partial charge < -0.3 is 5.32 Å². The van der Waals surface area contributed by atoms with E-state index in [0.717, 1.165) is 6.07 Å². The van der Waals surface area contributed by atoms with Crippen molar-refractivity contribution in [2.45, 2.75) is 0 Å². The summed E-state index contributed by atoms with van der Waals surface area (Å²) in [5.41, 5.74) is 0.267. The van der Waals surface area contributed by atoms with Crippen LogP contribution in [0.2, 0.25) is 5.02 Å². The van der Waals surface area contributed by atoms with Crippen molar-refractivity contribution in [3.05, 3.63) is 57.5 Å². The maximum absolute atomic E-state index is 13.1. The van der Waals surface area contributed by atoms with Gasteiger partial charge in [-0.3, -0.25) is 10.1 Å². The minimum atomic E-state index is -0.536. The van der Waals surface area contributed by atoms with Crippen LogP contribution in [0.5, 0.6) is 0 Å². The molecule has 0 spiro atoms. The molecular weight excluding hydrogens is 261 g/mol. The summed E-state index contributed by atoms with van der Waals surface area (Å²) in [6.07, 6.45) is 1.29. The van der Waals surface area contributed by atoms with E-state index in [1.54, 1.807) is 0 Å². The summed E-state index contributed by atoms with van der Waals surface area (Å²) in [6, 6.07) is 6.38. The number of pyridine rings is 1. The van der Waals surface area contributed by atoms with Crippen LogP contribution in [0.1, 0.15) is 0 Å². The smallest absolute Gasteiger partial charge is 0.274 e. The summed E-state index contributed by atoms with van der Waals surface area (Å²) >= 11 is 5.69. The molecule has 0 saturated carbocycles. The second-order valence-electron chi connectivity index (χ2n) is 3.44. The Balaban J connectivity index is 2.28. The topological polar surface area (TPSA) is 68.1 Å². The minimum absolute atomic E-state index is 0.102. The fourth-order valence-corrected chi connectivity index (χ4v) is 1.60. The average Bonchev–Trinajstić information content (AvgIpc) is 2.27. The van der Waals surface area contributed by atoms with Gasteiger partial charge in [-0.2, -0.15) is 0 Å². The Morgan fingerprint density at radius 3 is 2.78 bits per heavy atom. The van der Waals surface area contributed by atoms with Crippen LogP contribution in [0.4, 0.5) is 21.6 Å². The third-order valence-electron chi connectivity index (χ3n) is 2.09. The predicted octanol–water partition coefficient (Wildman–Crippen LogP) is 3.53. The summed E-state index contributed by atoms with van der Waals surface area (Å²) in [6.45, 7) is 0. The Hall–Kier alpha value is -2.21. The molecule has 1 aromatic carbocycles. The Morgan fingerprint density at radius 2 is 2.11 bits per heavy atom. The van der Waals surface area contributed by atoms with Crippen molar-refractivity contribution in [2.24, 2.45) is 0 Å². The lowest BCUT2D eigenvalue weighted by molar-refractivity contribution is -0.384. The zero-order valence-electron chi connectivity index (χ0n) is 8.93. The van der Waals surface area contributed by atoms with E-state index in [1.165, 1.54) is 30.5 Å². The molecular formula is C11H7ClFN3O2. The Morgan fingerprint density at radius 1 is 1.33 bits per heavy atom. The zero-order valence-corrected chi connectivity index (χ0v) is 9.69. The number of anilines is 2. The van der Waals surface area contributed by atoms with Gasteiger partial charge in [0.2, 0.25) is 0 Å². The fourth-order valence-electron chi connectivity index (χ4n) is 1.38. The highest BCUT2D eigenvalue weighted by Crippen LogP contribution is 2.22. The molecule has 92 valence electrons. The lowest BCUT2D eigenvalue weighted by Crippen LogP contribution is -1.96. The third-order valence-corrected chi connectivity index (χ3v) is 2.31. The highest BCUT2D eigenvalue weighted by atomic mass is 35.5. The highest BCUT2D eigenvalue weighted by molar-refractivity contribution is 6.30. The fraction of sp³-hybridized carbons (Fsp3) is 0. The van der Waals surface area contributed by atoms with Crippen LogP contribution >= 0.6 is 11.6 Å². The molecule has 0 atom stereocenters. The summed E-state index contributed by atoms with van der Waals surface area (Å²) in [5, 5.41) is 13.5. The molecule has 5 nitrogen and oxygen atoms in total. The molecule has 0 aliphatic carbocycles. The quantitative estimate of drug-likeness (QED) is 0.682. The molecule has 7 heteroatoms.